The van der Waals surface area contributed by atoms with Crippen LogP contribution in [0.5, 0.6) is 5.75 Å². The molecule has 1 saturated heterocycles. The second kappa shape index (κ2) is 10.4. The van der Waals surface area contributed by atoms with Crippen LogP contribution in [0.1, 0.15) is 56.3 Å². The van der Waals surface area contributed by atoms with Crippen molar-refractivity contribution in [1.29, 1.82) is 0 Å². The predicted molar refractivity (Wildman–Crippen MR) is 124 cm³/mol. The van der Waals surface area contributed by atoms with Gasteiger partial charge in [0.25, 0.3) is 0 Å². The average molecular weight is 472 g/mol. The summed E-state index contributed by atoms with van der Waals surface area (Å²) in [7, 11) is 1.62. The Kier molecular flexibility index (Phi) is 7.13. The number of ketones is 1. The SMILES string of the molecule is COCc1noc(N2CCC([C@H]3C[C@H]3CCOc3ccc(CC(=O)CC4CC4)c(F)c3)CC2)n1. The van der Waals surface area contributed by atoms with Gasteiger partial charge in [0.2, 0.25) is 0 Å². The number of nitrogens with zero attached hydrogens (tertiary/aromatic N) is 3. The number of methoxy groups -OCH3 is 1. The Balaban J connectivity index is 1.01. The molecule has 1 aromatic heterocycles. The van der Waals surface area contributed by atoms with Gasteiger partial charge in [0, 0.05) is 39.1 Å². The van der Waals surface area contributed by atoms with E-state index in [2.05, 4.69) is 15.0 Å². The minimum absolute atomic E-state index is 0.133. The number of rotatable bonds is 12. The summed E-state index contributed by atoms with van der Waals surface area (Å²) in [5.41, 5.74) is 0.474. The average Bonchev–Trinajstić information content (AvgIpc) is 3.75. The number of hydrogen-bond donors (Lipinski definition) is 0. The predicted octanol–water partition coefficient (Wildman–Crippen LogP) is 4.59. The summed E-state index contributed by atoms with van der Waals surface area (Å²) < 4.78 is 30.6. The molecule has 0 unspecified atom stereocenters. The van der Waals surface area contributed by atoms with Crippen LogP contribution in [0.3, 0.4) is 0 Å². The normalized spacial score (nSPS) is 22.7. The highest BCUT2D eigenvalue weighted by Crippen LogP contribution is 2.50. The van der Waals surface area contributed by atoms with Gasteiger partial charge in [-0.05, 0) is 73.8 Å². The molecule has 0 bridgehead atoms. The second-order valence-electron chi connectivity index (χ2n) is 10.2. The van der Waals surface area contributed by atoms with Crippen LogP contribution < -0.4 is 9.64 Å². The van der Waals surface area contributed by atoms with Crippen LogP contribution in [0.4, 0.5) is 10.4 Å². The largest absolute Gasteiger partial charge is 0.493 e. The lowest BCUT2D eigenvalue weighted by Crippen LogP contribution is -2.34. The second-order valence-corrected chi connectivity index (χ2v) is 10.2. The molecule has 3 aliphatic rings. The molecule has 2 aliphatic carbocycles. The van der Waals surface area contributed by atoms with Crippen LogP contribution in [-0.2, 0) is 22.6 Å². The molecule has 7 nitrogen and oxygen atoms in total. The van der Waals surface area contributed by atoms with E-state index in [1.807, 2.05) is 0 Å². The molecule has 184 valence electrons. The maximum atomic E-state index is 14.4. The fraction of sp³-hybridized carbons (Fsp3) is 0.654. The van der Waals surface area contributed by atoms with Gasteiger partial charge in [-0.3, -0.25) is 4.79 Å². The third kappa shape index (κ3) is 5.95. The number of Topliss-reactive ketones (excluding diaryl/α,β-unsaturated/α-hetero) is 1. The Bertz CT molecular complexity index is 984. The lowest BCUT2D eigenvalue weighted by molar-refractivity contribution is -0.118. The van der Waals surface area contributed by atoms with Crippen LogP contribution >= 0.6 is 0 Å². The van der Waals surface area contributed by atoms with E-state index in [1.165, 1.54) is 12.5 Å². The summed E-state index contributed by atoms with van der Waals surface area (Å²) in [5, 5.41) is 3.95. The van der Waals surface area contributed by atoms with Crippen LogP contribution in [0.25, 0.3) is 0 Å². The van der Waals surface area contributed by atoms with Crippen molar-refractivity contribution in [2.24, 2.45) is 23.7 Å². The van der Waals surface area contributed by atoms with E-state index in [0.717, 1.165) is 57.0 Å². The zero-order valence-corrected chi connectivity index (χ0v) is 19.9. The Morgan fingerprint density at radius 2 is 2.06 bits per heavy atom. The lowest BCUT2D eigenvalue weighted by Gasteiger charge is -2.30. The minimum atomic E-state index is -0.340. The fourth-order valence-corrected chi connectivity index (χ4v) is 5.28. The molecule has 2 aromatic rings. The standard InChI is InChI=1S/C26H34FN3O4/c1-32-16-25-28-26(34-29-25)30-9-6-18(7-10-30)23-14-19(23)8-11-33-22-5-4-20(24(27)15-22)13-21(31)12-17-2-3-17/h4-5,15,17-19,23H,2-3,6-14,16H2,1H3/t19-,23-/m1/s1. The quantitative estimate of drug-likeness (QED) is 0.448. The van der Waals surface area contributed by atoms with E-state index in [4.69, 9.17) is 14.0 Å². The molecule has 3 fully saturated rings. The van der Waals surface area contributed by atoms with Crippen molar-refractivity contribution >= 4 is 11.8 Å². The Morgan fingerprint density at radius 1 is 1.24 bits per heavy atom. The van der Waals surface area contributed by atoms with Gasteiger partial charge < -0.3 is 18.9 Å². The summed E-state index contributed by atoms with van der Waals surface area (Å²) in [4.78, 5) is 18.6. The van der Waals surface area contributed by atoms with Crippen LogP contribution in [-0.4, -0.2) is 42.7 Å². The zero-order chi connectivity index (χ0) is 23.5. The highest BCUT2D eigenvalue weighted by Gasteiger charge is 2.43. The number of halogens is 1. The van der Waals surface area contributed by atoms with Gasteiger partial charge in [0.05, 0.1) is 6.61 Å². The fourth-order valence-electron chi connectivity index (χ4n) is 5.28. The molecule has 0 spiro atoms. The molecule has 5 rings (SSSR count). The Labute approximate surface area is 200 Å². The molecule has 2 saturated carbocycles. The third-order valence-corrected chi connectivity index (χ3v) is 7.51. The number of piperidine rings is 1. The third-order valence-electron chi connectivity index (χ3n) is 7.51. The molecule has 0 radical (unpaired) electrons. The molecular formula is C26H34FN3O4. The van der Waals surface area contributed by atoms with E-state index in [0.29, 0.717) is 54.6 Å². The summed E-state index contributed by atoms with van der Waals surface area (Å²) >= 11 is 0. The van der Waals surface area contributed by atoms with Crippen molar-refractivity contribution in [2.75, 3.05) is 31.7 Å². The van der Waals surface area contributed by atoms with Gasteiger partial charge in [-0.2, -0.15) is 4.98 Å². The Hall–Kier alpha value is -2.48. The van der Waals surface area contributed by atoms with Gasteiger partial charge in [-0.25, -0.2) is 4.39 Å². The highest BCUT2D eigenvalue weighted by molar-refractivity contribution is 5.81. The minimum Gasteiger partial charge on any atom is -0.493 e. The summed E-state index contributed by atoms with van der Waals surface area (Å²) in [6.45, 7) is 2.84. The molecule has 1 aromatic carbocycles. The van der Waals surface area contributed by atoms with Crippen molar-refractivity contribution in [1.82, 2.24) is 10.1 Å². The van der Waals surface area contributed by atoms with Crippen molar-refractivity contribution in [2.45, 2.75) is 58.0 Å². The summed E-state index contributed by atoms with van der Waals surface area (Å²) in [6, 6.07) is 5.51. The lowest BCUT2D eigenvalue weighted by atomic mass is 9.90. The monoisotopic (exact) mass is 471 g/mol. The molecule has 2 heterocycles. The smallest absolute Gasteiger partial charge is 0.324 e. The molecule has 2 atom stereocenters. The first kappa shape index (κ1) is 23.3. The molecular weight excluding hydrogens is 437 g/mol. The van der Waals surface area contributed by atoms with E-state index in [-0.39, 0.29) is 18.0 Å². The number of anilines is 1. The topological polar surface area (TPSA) is 77.7 Å². The number of ether oxygens (including phenoxy) is 2. The zero-order valence-electron chi connectivity index (χ0n) is 19.9. The first-order chi connectivity index (χ1) is 16.6. The van der Waals surface area contributed by atoms with E-state index < -0.39 is 0 Å². The number of hydrogen-bond acceptors (Lipinski definition) is 7. The number of aromatic nitrogens is 2. The van der Waals surface area contributed by atoms with Crippen molar-refractivity contribution in [3.8, 4) is 5.75 Å². The molecule has 0 N–H and O–H groups in total. The van der Waals surface area contributed by atoms with E-state index >= 15 is 0 Å². The first-order valence-corrected chi connectivity index (χ1v) is 12.6. The molecule has 1 aliphatic heterocycles. The van der Waals surface area contributed by atoms with E-state index in [9.17, 15) is 9.18 Å². The van der Waals surface area contributed by atoms with Gasteiger partial charge >= 0.3 is 6.01 Å². The highest BCUT2D eigenvalue weighted by atomic mass is 19.1. The van der Waals surface area contributed by atoms with Gasteiger partial charge in [-0.1, -0.05) is 11.2 Å². The van der Waals surface area contributed by atoms with Crippen molar-refractivity contribution in [3.63, 3.8) is 0 Å². The van der Waals surface area contributed by atoms with Crippen LogP contribution in [0, 0.1) is 29.5 Å². The number of carbonyl (C=O) groups is 1. The summed E-state index contributed by atoms with van der Waals surface area (Å²) in [5.74, 6) is 3.64. The summed E-state index contributed by atoms with van der Waals surface area (Å²) in [6.07, 6.45) is 7.57. The van der Waals surface area contributed by atoms with Crippen LogP contribution in [0.15, 0.2) is 22.7 Å². The molecule has 8 heteroatoms. The van der Waals surface area contributed by atoms with Crippen LogP contribution in [0.2, 0.25) is 0 Å². The number of benzene rings is 1. The van der Waals surface area contributed by atoms with Crippen molar-refractivity contribution < 1.29 is 23.2 Å². The molecule has 34 heavy (non-hydrogen) atoms. The first-order valence-electron chi connectivity index (χ1n) is 12.6. The van der Waals surface area contributed by atoms with Gasteiger partial charge in [0.1, 0.15) is 24.0 Å². The van der Waals surface area contributed by atoms with Gasteiger partial charge in [-0.15, -0.1) is 0 Å². The maximum absolute atomic E-state index is 14.4. The van der Waals surface area contributed by atoms with Crippen molar-refractivity contribution in [3.05, 3.63) is 35.4 Å². The maximum Gasteiger partial charge on any atom is 0.324 e. The number of carbonyl (C=O) groups excluding carboxylic acids is 1. The van der Waals surface area contributed by atoms with E-state index in [1.54, 1.807) is 19.2 Å². The molecule has 0 amide bonds. The van der Waals surface area contributed by atoms with Gasteiger partial charge in [0.15, 0.2) is 5.82 Å². The Morgan fingerprint density at radius 3 is 2.79 bits per heavy atom.